The van der Waals surface area contributed by atoms with Gasteiger partial charge in [0.1, 0.15) is 0 Å². The largest absolute Gasteiger partial charge is 0.328 e. The van der Waals surface area contributed by atoms with Crippen molar-refractivity contribution in [2.45, 2.75) is 39.2 Å². The molecule has 2 atom stereocenters. The van der Waals surface area contributed by atoms with Crippen molar-refractivity contribution < 1.29 is 0 Å². The predicted molar refractivity (Wildman–Crippen MR) is 40.2 cm³/mol. The first-order chi connectivity index (χ1) is 4.18. The maximum Gasteiger partial charge on any atom is 0.00439 e. The Balaban J connectivity index is 2.34. The zero-order chi connectivity index (χ0) is 6.85. The van der Waals surface area contributed by atoms with Gasteiger partial charge in [-0.25, -0.2) is 0 Å². The molecule has 0 aromatic rings. The van der Waals surface area contributed by atoms with Gasteiger partial charge < -0.3 is 5.73 Å². The summed E-state index contributed by atoms with van der Waals surface area (Å²) in [5.74, 6) is 1.73. The molecule has 0 bridgehead atoms. The highest BCUT2D eigenvalue weighted by atomic mass is 14.6. The molecule has 0 amide bonds. The van der Waals surface area contributed by atoms with Gasteiger partial charge in [-0.1, -0.05) is 13.8 Å². The van der Waals surface area contributed by atoms with Gasteiger partial charge in [0.25, 0.3) is 0 Å². The summed E-state index contributed by atoms with van der Waals surface area (Å²) in [5, 5.41) is 0. The molecule has 1 rings (SSSR count). The van der Waals surface area contributed by atoms with Crippen LogP contribution in [-0.4, -0.2) is 6.04 Å². The molecule has 1 aliphatic rings. The third-order valence-electron chi connectivity index (χ3n) is 2.21. The lowest BCUT2D eigenvalue weighted by Crippen LogP contribution is -2.30. The predicted octanol–water partition coefficient (Wildman–Crippen LogP) is 1.77. The smallest absolute Gasteiger partial charge is 0.00439 e. The second-order valence-corrected chi connectivity index (χ2v) is 3.68. The lowest BCUT2D eigenvalue weighted by molar-refractivity contribution is 0.269. The average molecular weight is 127 g/mol. The molecule has 1 aliphatic carbocycles. The molecule has 1 nitrogen and oxygen atoms in total. The maximum atomic E-state index is 5.82. The van der Waals surface area contributed by atoms with Crippen LogP contribution in [-0.2, 0) is 0 Å². The quantitative estimate of drug-likeness (QED) is 0.527. The molecule has 0 aliphatic heterocycles. The highest BCUT2D eigenvalue weighted by Crippen LogP contribution is 2.26. The minimum absolute atomic E-state index is 0.490. The summed E-state index contributed by atoms with van der Waals surface area (Å²) in [6, 6.07) is 0.490. The Morgan fingerprint density at radius 2 is 1.44 bits per heavy atom. The molecule has 1 saturated carbocycles. The first-order valence-electron chi connectivity index (χ1n) is 3.94. The fourth-order valence-corrected chi connectivity index (χ4v) is 2.01. The zero-order valence-corrected chi connectivity index (χ0v) is 6.43. The van der Waals surface area contributed by atoms with E-state index < -0.39 is 0 Å². The summed E-state index contributed by atoms with van der Waals surface area (Å²) in [6.45, 7) is 4.60. The summed E-state index contributed by atoms with van der Waals surface area (Å²) in [7, 11) is 0. The van der Waals surface area contributed by atoms with Crippen molar-refractivity contribution in [3.8, 4) is 0 Å². The Morgan fingerprint density at radius 1 is 1.00 bits per heavy atom. The highest BCUT2D eigenvalue weighted by Gasteiger charge is 2.20. The van der Waals surface area contributed by atoms with Gasteiger partial charge in [-0.15, -0.1) is 0 Å². The molecule has 0 aromatic heterocycles. The molecule has 0 spiro atoms. The highest BCUT2D eigenvalue weighted by molar-refractivity contribution is 4.76. The summed E-state index contributed by atoms with van der Waals surface area (Å²) in [5.41, 5.74) is 5.82. The second kappa shape index (κ2) is 2.70. The van der Waals surface area contributed by atoms with Crippen LogP contribution in [0.4, 0.5) is 0 Å². The molecule has 1 fully saturated rings. The first kappa shape index (κ1) is 7.07. The molecule has 0 heterocycles. The lowest BCUT2D eigenvalue weighted by atomic mass is 9.81. The molecule has 9 heavy (non-hydrogen) atoms. The summed E-state index contributed by atoms with van der Waals surface area (Å²) in [6.07, 6.45) is 3.86. The molecule has 0 radical (unpaired) electrons. The van der Waals surface area contributed by atoms with Gasteiger partial charge in [0.2, 0.25) is 0 Å². The van der Waals surface area contributed by atoms with E-state index in [1.165, 1.54) is 19.3 Å². The Kier molecular flexibility index (Phi) is 2.12. The molecule has 54 valence electrons. The van der Waals surface area contributed by atoms with Crippen LogP contribution in [0.3, 0.4) is 0 Å². The average Bonchev–Trinajstić information content (AvgIpc) is 1.59. The molecule has 1 heteroatoms. The fraction of sp³-hybridized carbons (Fsp3) is 1.00. The molecule has 0 aromatic carbocycles. The topological polar surface area (TPSA) is 26.0 Å². The van der Waals surface area contributed by atoms with Crippen LogP contribution >= 0.6 is 0 Å². The Labute approximate surface area is 57.6 Å². The van der Waals surface area contributed by atoms with E-state index in [1.807, 2.05) is 0 Å². The summed E-state index contributed by atoms with van der Waals surface area (Å²) in [4.78, 5) is 0. The normalized spacial score (nSPS) is 45.0. The fourth-order valence-electron chi connectivity index (χ4n) is 2.01. The van der Waals surface area contributed by atoms with Crippen LogP contribution in [0, 0.1) is 11.8 Å². The lowest BCUT2D eigenvalue weighted by Gasteiger charge is -2.28. The van der Waals surface area contributed by atoms with E-state index in [2.05, 4.69) is 13.8 Å². The van der Waals surface area contributed by atoms with Crippen LogP contribution < -0.4 is 5.73 Å². The Bertz CT molecular complexity index is 65.5. The molecule has 2 N–H and O–H groups in total. The van der Waals surface area contributed by atoms with Crippen molar-refractivity contribution in [1.82, 2.24) is 0 Å². The van der Waals surface area contributed by atoms with Gasteiger partial charge >= 0.3 is 0 Å². The van der Waals surface area contributed by atoms with Crippen LogP contribution in [0.25, 0.3) is 0 Å². The van der Waals surface area contributed by atoms with Crippen molar-refractivity contribution in [2.75, 3.05) is 0 Å². The van der Waals surface area contributed by atoms with Crippen LogP contribution in [0.5, 0.6) is 0 Å². The van der Waals surface area contributed by atoms with Gasteiger partial charge in [-0.2, -0.15) is 0 Å². The van der Waals surface area contributed by atoms with E-state index in [1.54, 1.807) is 0 Å². The standard InChI is InChI=1S/C8H17N/c1-6-3-7(2)5-8(9)4-6/h6-8H,3-5,9H2,1-2H3/t6-,7-/m0/s1. The van der Waals surface area contributed by atoms with Crippen LogP contribution in [0.2, 0.25) is 0 Å². The van der Waals surface area contributed by atoms with Gasteiger partial charge in [-0.3, -0.25) is 0 Å². The molecule has 0 unspecified atom stereocenters. The van der Waals surface area contributed by atoms with E-state index in [9.17, 15) is 0 Å². The number of hydrogen-bond donors (Lipinski definition) is 1. The molecular formula is C8H17N. The van der Waals surface area contributed by atoms with Gasteiger partial charge in [-0.05, 0) is 31.1 Å². The van der Waals surface area contributed by atoms with E-state index >= 15 is 0 Å². The number of nitrogens with two attached hydrogens (primary N) is 1. The first-order valence-corrected chi connectivity index (χ1v) is 3.94. The third-order valence-corrected chi connectivity index (χ3v) is 2.21. The minimum Gasteiger partial charge on any atom is -0.328 e. The van der Waals surface area contributed by atoms with Crippen molar-refractivity contribution in [1.29, 1.82) is 0 Å². The minimum atomic E-state index is 0.490. The Morgan fingerprint density at radius 3 is 1.78 bits per heavy atom. The van der Waals surface area contributed by atoms with Crippen LogP contribution in [0.1, 0.15) is 33.1 Å². The maximum absolute atomic E-state index is 5.82. The number of rotatable bonds is 0. The van der Waals surface area contributed by atoms with Gasteiger partial charge in [0.05, 0.1) is 0 Å². The second-order valence-electron chi connectivity index (χ2n) is 3.68. The van der Waals surface area contributed by atoms with Crippen molar-refractivity contribution >= 4 is 0 Å². The van der Waals surface area contributed by atoms with Gasteiger partial charge in [0, 0.05) is 6.04 Å². The molecule has 0 saturated heterocycles. The molecular weight excluding hydrogens is 110 g/mol. The van der Waals surface area contributed by atoms with Crippen molar-refractivity contribution in [2.24, 2.45) is 17.6 Å². The monoisotopic (exact) mass is 127 g/mol. The SMILES string of the molecule is C[C@@H]1CC(N)C[C@@H](C)C1. The summed E-state index contributed by atoms with van der Waals surface area (Å²) < 4.78 is 0. The van der Waals surface area contributed by atoms with E-state index in [0.29, 0.717) is 6.04 Å². The van der Waals surface area contributed by atoms with Crippen LogP contribution in [0.15, 0.2) is 0 Å². The van der Waals surface area contributed by atoms with Crippen molar-refractivity contribution in [3.05, 3.63) is 0 Å². The van der Waals surface area contributed by atoms with Gasteiger partial charge in [0.15, 0.2) is 0 Å². The van der Waals surface area contributed by atoms with E-state index in [-0.39, 0.29) is 0 Å². The van der Waals surface area contributed by atoms with E-state index in [0.717, 1.165) is 11.8 Å². The van der Waals surface area contributed by atoms with Crippen molar-refractivity contribution in [3.63, 3.8) is 0 Å². The third kappa shape index (κ3) is 1.98. The summed E-state index contributed by atoms with van der Waals surface area (Å²) >= 11 is 0. The van der Waals surface area contributed by atoms with E-state index in [4.69, 9.17) is 5.73 Å². The zero-order valence-electron chi connectivity index (χ0n) is 6.43. The number of hydrogen-bond acceptors (Lipinski definition) is 1. The Hall–Kier alpha value is -0.0400.